The van der Waals surface area contributed by atoms with Gasteiger partial charge in [0.05, 0.1) is 11.6 Å². The fraction of sp³-hybridized carbons (Fsp3) is 0.333. The maximum Gasteiger partial charge on any atom is 0.163 e. The number of hydrogen-bond donors (Lipinski definition) is 0. The van der Waals surface area contributed by atoms with Gasteiger partial charge in [0.1, 0.15) is 17.2 Å². The molecule has 0 saturated heterocycles. The average molecular weight is 307 g/mol. The minimum absolute atomic E-state index is 0.221. The van der Waals surface area contributed by atoms with Gasteiger partial charge in [0.25, 0.3) is 0 Å². The molecule has 21 heavy (non-hydrogen) atoms. The molecule has 0 N–H and O–H groups in total. The van der Waals surface area contributed by atoms with Gasteiger partial charge in [-0.1, -0.05) is 6.92 Å². The molecule has 0 bridgehead atoms. The Bertz CT molecular complexity index is 819. The van der Waals surface area contributed by atoms with E-state index in [0.717, 1.165) is 34.8 Å². The summed E-state index contributed by atoms with van der Waals surface area (Å²) >= 11 is 6.04. The van der Waals surface area contributed by atoms with Crippen LogP contribution in [0.25, 0.3) is 16.9 Å². The van der Waals surface area contributed by atoms with Gasteiger partial charge in [-0.05, 0) is 37.1 Å². The number of imidazole rings is 1. The highest BCUT2D eigenvalue weighted by Crippen LogP contribution is 2.26. The summed E-state index contributed by atoms with van der Waals surface area (Å²) in [5.41, 5.74) is 4.12. The zero-order valence-electron chi connectivity index (χ0n) is 12.2. The standard InChI is InChI=1S/C15H16ClFN4/c1-4-12-14-15(20(3)19-12)21(13(8-16)18-14)10-5-6-11(17)9(2)7-10/h5-7H,4,8H2,1-3H3. The molecule has 0 amide bonds. The summed E-state index contributed by atoms with van der Waals surface area (Å²) < 4.78 is 17.3. The van der Waals surface area contributed by atoms with Crippen molar-refractivity contribution in [3.63, 3.8) is 0 Å². The van der Waals surface area contributed by atoms with Crippen molar-refractivity contribution in [1.82, 2.24) is 19.3 Å². The first-order valence-corrected chi connectivity index (χ1v) is 7.36. The molecule has 0 radical (unpaired) electrons. The lowest BCUT2D eigenvalue weighted by molar-refractivity contribution is 0.618. The van der Waals surface area contributed by atoms with E-state index in [9.17, 15) is 4.39 Å². The molecule has 0 aliphatic heterocycles. The first kappa shape index (κ1) is 14.1. The van der Waals surface area contributed by atoms with Gasteiger partial charge in [-0.25, -0.2) is 14.1 Å². The Morgan fingerprint density at radius 3 is 2.71 bits per heavy atom. The third kappa shape index (κ3) is 2.12. The molecular formula is C15H16ClFN4. The zero-order chi connectivity index (χ0) is 15.1. The second-order valence-corrected chi connectivity index (χ2v) is 5.29. The number of aryl methyl sites for hydroxylation is 3. The highest BCUT2D eigenvalue weighted by Gasteiger charge is 2.19. The minimum atomic E-state index is -0.221. The van der Waals surface area contributed by atoms with Crippen molar-refractivity contribution < 1.29 is 4.39 Å². The Kier molecular flexibility index (Phi) is 3.45. The summed E-state index contributed by atoms with van der Waals surface area (Å²) in [6.45, 7) is 3.79. The van der Waals surface area contributed by atoms with Crippen molar-refractivity contribution in [3.05, 3.63) is 41.1 Å². The molecule has 0 atom stereocenters. The Labute approximate surface area is 127 Å². The van der Waals surface area contributed by atoms with Crippen LogP contribution in [0.5, 0.6) is 0 Å². The van der Waals surface area contributed by atoms with Gasteiger partial charge in [0.15, 0.2) is 5.65 Å². The van der Waals surface area contributed by atoms with Gasteiger partial charge in [-0.3, -0.25) is 4.57 Å². The molecule has 0 aliphatic rings. The molecule has 3 rings (SSSR count). The predicted octanol–water partition coefficient (Wildman–Crippen LogP) is 3.51. The number of halogens is 2. The van der Waals surface area contributed by atoms with Gasteiger partial charge in [-0.2, -0.15) is 5.10 Å². The van der Waals surface area contributed by atoms with Crippen molar-refractivity contribution in [2.24, 2.45) is 7.05 Å². The Hall–Kier alpha value is -1.88. The lowest BCUT2D eigenvalue weighted by Gasteiger charge is -2.09. The number of fused-ring (bicyclic) bond motifs is 1. The quantitative estimate of drug-likeness (QED) is 0.694. The SMILES string of the molecule is CCc1nn(C)c2c1nc(CCl)n2-c1ccc(F)c(C)c1. The molecule has 6 heteroatoms. The molecule has 0 aliphatic carbocycles. The molecule has 4 nitrogen and oxygen atoms in total. The zero-order valence-corrected chi connectivity index (χ0v) is 12.9. The van der Waals surface area contributed by atoms with E-state index in [1.807, 2.05) is 18.5 Å². The van der Waals surface area contributed by atoms with Crippen LogP contribution < -0.4 is 0 Å². The summed E-state index contributed by atoms with van der Waals surface area (Å²) in [7, 11) is 1.88. The lowest BCUT2D eigenvalue weighted by atomic mass is 10.2. The highest BCUT2D eigenvalue weighted by atomic mass is 35.5. The number of hydrogen-bond acceptors (Lipinski definition) is 2. The Morgan fingerprint density at radius 1 is 1.33 bits per heavy atom. The summed E-state index contributed by atoms with van der Waals surface area (Å²) in [6.07, 6.45) is 0.804. The molecule has 2 heterocycles. The first-order chi connectivity index (χ1) is 10.1. The Balaban J connectivity index is 2.34. The minimum Gasteiger partial charge on any atom is -0.280 e. The van der Waals surface area contributed by atoms with Crippen LogP contribution in [0.2, 0.25) is 0 Å². The molecule has 0 unspecified atom stereocenters. The van der Waals surface area contributed by atoms with E-state index in [4.69, 9.17) is 11.6 Å². The van der Waals surface area contributed by atoms with Crippen LogP contribution >= 0.6 is 11.6 Å². The van der Waals surface area contributed by atoms with Crippen LogP contribution in [0.3, 0.4) is 0 Å². The van der Waals surface area contributed by atoms with E-state index >= 15 is 0 Å². The topological polar surface area (TPSA) is 35.6 Å². The van der Waals surface area contributed by atoms with Crippen molar-refractivity contribution in [2.45, 2.75) is 26.1 Å². The van der Waals surface area contributed by atoms with Crippen molar-refractivity contribution in [3.8, 4) is 5.69 Å². The maximum atomic E-state index is 13.5. The number of alkyl halides is 1. The van der Waals surface area contributed by atoms with Crippen LogP contribution in [0, 0.1) is 12.7 Å². The number of aromatic nitrogens is 4. The van der Waals surface area contributed by atoms with E-state index in [1.165, 1.54) is 6.07 Å². The second-order valence-electron chi connectivity index (χ2n) is 5.03. The fourth-order valence-electron chi connectivity index (χ4n) is 2.59. The molecule has 0 saturated carbocycles. The molecule has 3 aromatic rings. The molecule has 2 aromatic heterocycles. The Morgan fingerprint density at radius 2 is 2.10 bits per heavy atom. The lowest BCUT2D eigenvalue weighted by Crippen LogP contribution is -2.05. The first-order valence-electron chi connectivity index (χ1n) is 6.82. The van der Waals surface area contributed by atoms with Crippen LogP contribution in [-0.2, 0) is 19.3 Å². The van der Waals surface area contributed by atoms with Gasteiger partial charge in [-0.15, -0.1) is 11.6 Å². The van der Waals surface area contributed by atoms with E-state index < -0.39 is 0 Å². The largest absolute Gasteiger partial charge is 0.280 e. The van der Waals surface area contributed by atoms with Crippen LogP contribution in [0.4, 0.5) is 4.39 Å². The van der Waals surface area contributed by atoms with Gasteiger partial charge < -0.3 is 0 Å². The number of nitrogens with zero attached hydrogens (tertiary/aromatic N) is 4. The molecular weight excluding hydrogens is 291 g/mol. The van der Waals surface area contributed by atoms with E-state index in [1.54, 1.807) is 23.7 Å². The molecule has 0 fully saturated rings. The van der Waals surface area contributed by atoms with Crippen molar-refractivity contribution >= 4 is 22.8 Å². The summed E-state index contributed by atoms with van der Waals surface area (Å²) in [5.74, 6) is 0.802. The highest BCUT2D eigenvalue weighted by molar-refractivity contribution is 6.17. The van der Waals surface area contributed by atoms with E-state index in [-0.39, 0.29) is 11.7 Å². The van der Waals surface area contributed by atoms with Crippen LogP contribution in [0.1, 0.15) is 24.0 Å². The third-order valence-electron chi connectivity index (χ3n) is 3.63. The predicted molar refractivity (Wildman–Crippen MR) is 81.5 cm³/mol. The summed E-state index contributed by atoms with van der Waals surface area (Å²) in [5, 5.41) is 4.49. The maximum absolute atomic E-state index is 13.5. The van der Waals surface area contributed by atoms with Gasteiger partial charge in [0, 0.05) is 12.7 Å². The van der Waals surface area contributed by atoms with E-state index in [2.05, 4.69) is 10.1 Å². The summed E-state index contributed by atoms with van der Waals surface area (Å²) in [6, 6.07) is 4.99. The van der Waals surface area contributed by atoms with Crippen molar-refractivity contribution in [2.75, 3.05) is 0 Å². The number of rotatable bonds is 3. The monoisotopic (exact) mass is 306 g/mol. The fourth-order valence-corrected chi connectivity index (χ4v) is 2.77. The third-order valence-corrected chi connectivity index (χ3v) is 3.87. The summed E-state index contributed by atoms with van der Waals surface area (Å²) in [4.78, 5) is 4.61. The molecule has 110 valence electrons. The van der Waals surface area contributed by atoms with Crippen LogP contribution in [-0.4, -0.2) is 19.3 Å². The van der Waals surface area contributed by atoms with Crippen LogP contribution in [0.15, 0.2) is 18.2 Å². The number of benzene rings is 1. The van der Waals surface area contributed by atoms with Gasteiger partial charge >= 0.3 is 0 Å². The molecule has 1 aromatic carbocycles. The van der Waals surface area contributed by atoms with E-state index in [0.29, 0.717) is 5.56 Å². The van der Waals surface area contributed by atoms with Crippen molar-refractivity contribution in [1.29, 1.82) is 0 Å². The smallest absolute Gasteiger partial charge is 0.163 e. The normalized spacial score (nSPS) is 11.5. The molecule has 0 spiro atoms. The average Bonchev–Trinajstić information content (AvgIpc) is 2.99. The van der Waals surface area contributed by atoms with Gasteiger partial charge in [0.2, 0.25) is 0 Å². The second kappa shape index (κ2) is 5.15.